The van der Waals surface area contributed by atoms with Gasteiger partial charge in [0, 0.05) is 23.1 Å². The predicted octanol–water partition coefficient (Wildman–Crippen LogP) is 5.86. The minimum atomic E-state index is 0.00146. The highest BCUT2D eigenvalue weighted by molar-refractivity contribution is 9.10. The summed E-state index contributed by atoms with van der Waals surface area (Å²) in [6, 6.07) is 8.83. The van der Waals surface area contributed by atoms with Crippen molar-refractivity contribution in [2.24, 2.45) is 0 Å². The molecular formula is C18H19BrCl2O3. The van der Waals surface area contributed by atoms with Crippen molar-refractivity contribution >= 4 is 39.1 Å². The van der Waals surface area contributed by atoms with Gasteiger partial charge in [0.05, 0.1) is 10.6 Å². The molecule has 0 amide bonds. The molecule has 0 fully saturated rings. The first-order valence-corrected chi connectivity index (χ1v) is 9.15. The van der Waals surface area contributed by atoms with Crippen molar-refractivity contribution in [1.29, 1.82) is 0 Å². The topological polar surface area (TPSA) is 38.7 Å². The third-order valence-corrected chi connectivity index (χ3v) is 4.75. The number of rotatable bonds is 7. The molecule has 2 aromatic carbocycles. The molecule has 6 heteroatoms. The monoisotopic (exact) mass is 432 g/mol. The van der Waals surface area contributed by atoms with Crippen LogP contribution in [0.2, 0.25) is 10.0 Å². The molecule has 0 aliphatic carbocycles. The fourth-order valence-corrected chi connectivity index (χ4v) is 3.27. The molecule has 2 aromatic rings. The number of hydrogen-bond donors (Lipinski definition) is 1. The first-order chi connectivity index (χ1) is 11.4. The molecule has 3 nitrogen and oxygen atoms in total. The third-order valence-electron chi connectivity index (χ3n) is 3.44. The Kier molecular flexibility index (Phi) is 7.23. The Hall–Kier alpha value is -0.940. The molecule has 0 saturated carbocycles. The second-order valence-electron chi connectivity index (χ2n) is 5.40. The Morgan fingerprint density at radius 1 is 1.17 bits per heavy atom. The van der Waals surface area contributed by atoms with Gasteiger partial charge in [-0.1, -0.05) is 29.3 Å². The van der Waals surface area contributed by atoms with E-state index in [1.54, 1.807) is 18.2 Å². The van der Waals surface area contributed by atoms with E-state index in [1.165, 1.54) is 0 Å². The summed E-state index contributed by atoms with van der Waals surface area (Å²) >= 11 is 16.1. The first-order valence-electron chi connectivity index (χ1n) is 7.60. The van der Waals surface area contributed by atoms with Crippen LogP contribution in [0, 0.1) is 0 Å². The van der Waals surface area contributed by atoms with E-state index in [0.29, 0.717) is 39.9 Å². The molecule has 0 aromatic heterocycles. The second-order valence-corrected chi connectivity index (χ2v) is 7.07. The van der Waals surface area contributed by atoms with Crippen LogP contribution < -0.4 is 4.74 Å². The SMILES string of the molecule is CCOC(C)COc1cc(Cl)c(Cc2ccc(O)c(Br)c2)c(Cl)c1. The predicted molar refractivity (Wildman–Crippen MR) is 102 cm³/mol. The molecule has 0 heterocycles. The Bertz CT molecular complexity index is 684. The molecule has 1 unspecified atom stereocenters. The number of halogens is 3. The van der Waals surface area contributed by atoms with E-state index in [4.69, 9.17) is 32.7 Å². The highest BCUT2D eigenvalue weighted by Crippen LogP contribution is 2.33. The minimum absolute atomic E-state index is 0.00146. The number of aromatic hydroxyl groups is 1. The number of ether oxygens (including phenoxy) is 2. The molecule has 0 bridgehead atoms. The van der Waals surface area contributed by atoms with E-state index in [1.807, 2.05) is 26.0 Å². The smallest absolute Gasteiger partial charge is 0.129 e. The zero-order valence-corrected chi connectivity index (χ0v) is 16.6. The van der Waals surface area contributed by atoms with Crippen LogP contribution in [0.25, 0.3) is 0 Å². The molecule has 0 spiro atoms. The van der Waals surface area contributed by atoms with E-state index in [9.17, 15) is 5.11 Å². The lowest BCUT2D eigenvalue weighted by atomic mass is 10.0. The maximum absolute atomic E-state index is 9.57. The Labute approximate surface area is 160 Å². The van der Waals surface area contributed by atoms with Gasteiger partial charge < -0.3 is 14.6 Å². The van der Waals surface area contributed by atoms with Crippen molar-refractivity contribution in [2.75, 3.05) is 13.2 Å². The van der Waals surface area contributed by atoms with Gasteiger partial charge >= 0.3 is 0 Å². The second kappa shape index (κ2) is 8.95. The van der Waals surface area contributed by atoms with E-state index >= 15 is 0 Å². The molecule has 0 aliphatic rings. The minimum Gasteiger partial charge on any atom is -0.507 e. The summed E-state index contributed by atoms with van der Waals surface area (Å²) in [5, 5.41) is 10.7. The summed E-state index contributed by atoms with van der Waals surface area (Å²) in [7, 11) is 0. The summed E-state index contributed by atoms with van der Waals surface area (Å²) in [6.07, 6.45) is 0.563. The lowest BCUT2D eigenvalue weighted by Gasteiger charge is -2.15. The van der Waals surface area contributed by atoms with Gasteiger partial charge in [0.15, 0.2) is 0 Å². The Morgan fingerprint density at radius 2 is 1.83 bits per heavy atom. The van der Waals surface area contributed by atoms with Gasteiger partial charge in [-0.3, -0.25) is 0 Å². The van der Waals surface area contributed by atoms with Gasteiger partial charge in [0.2, 0.25) is 0 Å². The largest absolute Gasteiger partial charge is 0.507 e. The first kappa shape index (κ1) is 19.4. The number of benzene rings is 2. The van der Waals surface area contributed by atoms with Crippen LogP contribution in [0.3, 0.4) is 0 Å². The maximum Gasteiger partial charge on any atom is 0.129 e. The van der Waals surface area contributed by atoms with Crippen molar-refractivity contribution in [3.63, 3.8) is 0 Å². The quantitative estimate of drug-likeness (QED) is 0.594. The normalized spacial score (nSPS) is 12.2. The fraction of sp³-hybridized carbons (Fsp3) is 0.333. The Balaban J connectivity index is 2.13. The third kappa shape index (κ3) is 5.28. The standard InChI is InChI=1S/C18H19BrCl2O3/c1-3-23-11(2)10-24-13-8-16(20)14(17(21)9-13)6-12-4-5-18(22)15(19)7-12/h4-5,7-9,11,22H,3,6,10H2,1-2H3. The zero-order chi connectivity index (χ0) is 17.7. The van der Waals surface area contributed by atoms with Crippen molar-refractivity contribution in [3.8, 4) is 11.5 Å². The lowest BCUT2D eigenvalue weighted by molar-refractivity contribution is 0.0402. The van der Waals surface area contributed by atoms with Gasteiger partial charge in [-0.25, -0.2) is 0 Å². The summed E-state index contributed by atoms with van der Waals surface area (Å²) < 4.78 is 11.8. The summed E-state index contributed by atoms with van der Waals surface area (Å²) in [4.78, 5) is 0. The highest BCUT2D eigenvalue weighted by Gasteiger charge is 2.12. The summed E-state index contributed by atoms with van der Waals surface area (Å²) in [5.74, 6) is 0.815. The van der Waals surface area contributed by atoms with Crippen molar-refractivity contribution in [1.82, 2.24) is 0 Å². The van der Waals surface area contributed by atoms with Crippen LogP contribution in [0.1, 0.15) is 25.0 Å². The molecule has 2 rings (SSSR count). The zero-order valence-electron chi connectivity index (χ0n) is 13.5. The number of phenols is 1. The van der Waals surface area contributed by atoms with Crippen LogP contribution in [-0.4, -0.2) is 24.4 Å². The maximum atomic E-state index is 9.57. The number of phenolic OH excluding ortho intramolecular Hbond substituents is 1. The van der Waals surface area contributed by atoms with Crippen LogP contribution in [0.5, 0.6) is 11.5 Å². The molecule has 0 aliphatic heterocycles. The van der Waals surface area contributed by atoms with Gasteiger partial charge in [0.25, 0.3) is 0 Å². The molecule has 1 N–H and O–H groups in total. The molecule has 0 radical (unpaired) electrons. The van der Waals surface area contributed by atoms with Gasteiger partial charge in [-0.2, -0.15) is 0 Å². The lowest BCUT2D eigenvalue weighted by Crippen LogP contribution is -2.17. The van der Waals surface area contributed by atoms with Gasteiger partial charge in [-0.05, 0) is 65.2 Å². The molecule has 130 valence electrons. The van der Waals surface area contributed by atoms with Crippen molar-refractivity contribution < 1.29 is 14.6 Å². The average Bonchev–Trinajstić information content (AvgIpc) is 2.52. The summed E-state index contributed by atoms with van der Waals surface area (Å²) in [6.45, 7) is 4.97. The highest BCUT2D eigenvalue weighted by atomic mass is 79.9. The number of hydrogen-bond acceptors (Lipinski definition) is 3. The molecular weight excluding hydrogens is 415 g/mol. The molecule has 0 saturated heterocycles. The van der Waals surface area contributed by atoms with Gasteiger partial charge in [0.1, 0.15) is 18.1 Å². The van der Waals surface area contributed by atoms with Crippen LogP contribution >= 0.6 is 39.1 Å². The van der Waals surface area contributed by atoms with E-state index < -0.39 is 0 Å². The van der Waals surface area contributed by atoms with Crippen LogP contribution in [0.4, 0.5) is 0 Å². The fourth-order valence-electron chi connectivity index (χ4n) is 2.24. The van der Waals surface area contributed by atoms with Crippen molar-refractivity contribution in [2.45, 2.75) is 26.4 Å². The van der Waals surface area contributed by atoms with Crippen LogP contribution in [0.15, 0.2) is 34.8 Å². The molecule has 24 heavy (non-hydrogen) atoms. The summed E-state index contributed by atoms with van der Waals surface area (Å²) in [5.41, 5.74) is 1.81. The van der Waals surface area contributed by atoms with E-state index in [-0.39, 0.29) is 11.9 Å². The van der Waals surface area contributed by atoms with Crippen LogP contribution in [-0.2, 0) is 11.2 Å². The van der Waals surface area contributed by atoms with Crippen molar-refractivity contribution in [3.05, 3.63) is 56.0 Å². The van der Waals surface area contributed by atoms with Gasteiger partial charge in [-0.15, -0.1) is 0 Å². The average molecular weight is 434 g/mol. The van der Waals surface area contributed by atoms with E-state index in [0.717, 1.165) is 11.1 Å². The van der Waals surface area contributed by atoms with E-state index in [2.05, 4.69) is 15.9 Å². The Morgan fingerprint density at radius 3 is 2.42 bits per heavy atom. The molecule has 1 atom stereocenters.